The number of nitrogens with zero attached hydrogens (tertiary/aromatic N) is 1. The molecule has 104 valence electrons. The van der Waals surface area contributed by atoms with Crippen LogP contribution < -0.4 is 10.5 Å². The van der Waals surface area contributed by atoms with E-state index in [1.54, 1.807) is 11.0 Å². The smallest absolute Gasteiger partial charge is 0.248 e. The zero-order valence-corrected chi connectivity index (χ0v) is 10.8. The van der Waals surface area contributed by atoms with Gasteiger partial charge in [-0.1, -0.05) is 0 Å². The molecule has 0 spiro atoms. The van der Waals surface area contributed by atoms with E-state index < -0.39 is 0 Å². The number of benzene rings is 1. The van der Waals surface area contributed by atoms with Crippen LogP contribution >= 0.6 is 0 Å². The Balaban J connectivity index is 2.15. The van der Waals surface area contributed by atoms with Crippen molar-refractivity contribution < 1.29 is 18.7 Å². The summed E-state index contributed by atoms with van der Waals surface area (Å²) in [5.41, 5.74) is 6.17. The number of morpholine rings is 1. The summed E-state index contributed by atoms with van der Waals surface area (Å²) in [6.07, 6.45) is -0.169. The second-order valence-corrected chi connectivity index (χ2v) is 4.40. The molecule has 0 aromatic heterocycles. The van der Waals surface area contributed by atoms with Gasteiger partial charge in [0, 0.05) is 25.2 Å². The van der Waals surface area contributed by atoms with Gasteiger partial charge in [-0.25, -0.2) is 4.39 Å². The van der Waals surface area contributed by atoms with Crippen LogP contribution in [0.1, 0.15) is 5.56 Å². The van der Waals surface area contributed by atoms with Gasteiger partial charge < -0.3 is 20.1 Å². The van der Waals surface area contributed by atoms with Crippen LogP contribution in [0.4, 0.5) is 4.39 Å². The highest BCUT2D eigenvalue weighted by atomic mass is 19.1. The Morgan fingerprint density at radius 1 is 1.58 bits per heavy atom. The lowest BCUT2D eigenvalue weighted by atomic mass is 10.1. The second-order valence-electron chi connectivity index (χ2n) is 4.40. The summed E-state index contributed by atoms with van der Waals surface area (Å²) in [4.78, 5) is 13.4. The molecule has 0 radical (unpaired) electrons. The largest absolute Gasteiger partial charge is 0.496 e. The first-order valence-corrected chi connectivity index (χ1v) is 6.06. The van der Waals surface area contributed by atoms with Crippen LogP contribution in [-0.2, 0) is 16.1 Å². The molecule has 1 aliphatic rings. The van der Waals surface area contributed by atoms with Crippen molar-refractivity contribution in [2.24, 2.45) is 5.73 Å². The van der Waals surface area contributed by atoms with Gasteiger partial charge in [0.05, 0.1) is 13.2 Å². The number of carbonyl (C=O) groups is 1. The van der Waals surface area contributed by atoms with Crippen molar-refractivity contribution in [2.75, 3.05) is 26.8 Å². The van der Waals surface area contributed by atoms with E-state index in [-0.39, 0.29) is 24.4 Å². The van der Waals surface area contributed by atoms with Crippen LogP contribution in [0.2, 0.25) is 0 Å². The Hall–Kier alpha value is -1.66. The zero-order chi connectivity index (χ0) is 13.8. The van der Waals surface area contributed by atoms with Crippen LogP contribution in [0.3, 0.4) is 0 Å². The van der Waals surface area contributed by atoms with Crippen molar-refractivity contribution >= 4 is 5.91 Å². The van der Waals surface area contributed by atoms with Gasteiger partial charge in [-0.2, -0.15) is 0 Å². The molecule has 1 saturated heterocycles. The lowest BCUT2D eigenvalue weighted by Crippen LogP contribution is -2.48. The number of methoxy groups -OCH3 is 1. The van der Waals surface area contributed by atoms with Crippen LogP contribution in [-0.4, -0.2) is 43.7 Å². The van der Waals surface area contributed by atoms with E-state index in [1.165, 1.54) is 19.2 Å². The average Bonchev–Trinajstić information content (AvgIpc) is 2.41. The van der Waals surface area contributed by atoms with Gasteiger partial charge in [0.1, 0.15) is 18.2 Å². The van der Waals surface area contributed by atoms with Gasteiger partial charge >= 0.3 is 0 Å². The summed E-state index contributed by atoms with van der Waals surface area (Å²) in [7, 11) is 1.51. The Kier molecular flexibility index (Phi) is 4.34. The third-order valence-electron chi connectivity index (χ3n) is 3.09. The van der Waals surface area contributed by atoms with Crippen LogP contribution in [0.15, 0.2) is 18.2 Å². The summed E-state index contributed by atoms with van der Waals surface area (Å²) in [6, 6.07) is 4.25. The molecule has 0 bridgehead atoms. The van der Waals surface area contributed by atoms with Crippen LogP contribution in [0.25, 0.3) is 0 Å². The predicted octanol–water partition coefficient (Wildman–Crippen LogP) is 0.520. The first-order valence-electron chi connectivity index (χ1n) is 6.06. The number of nitrogens with two attached hydrogens (primary N) is 1. The minimum Gasteiger partial charge on any atom is -0.496 e. The van der Waals surface area contributed by atoms with Crippen molar-refractivity contribution in [1.29, 1.82) is 0 Å². The Morgan fingerprint density at radius 2 is 2.37 bits per heavy atom. The van der Waals surface area contributed by atoms with Gasteiger partial charge in [-0.3, -0.25) is 4.79 Å². The molecule has 0 saturated carbocycles. The number of hydrogen-bond donors (Lipinski definition) is 1. The molecule has 1 heterocycles. The van der Waals surface area contributed by atoms with Gasteiger partial charge in [0.15, 0.2) is 0 Å². The molecule has 1 atom stereocenters. The molecule has 0 aliphatic carbocycles. The molecule has 19 heavy (non-hydrogen) atoms. The molecular formula is C13H17FN2O3. The van der Waals surface area contributed by atoms with Gasteiger partial charge in [0.2, 0.25) is 5.91 Å². The van der Waals surface area contributed by atoms with Crippen molar-refractivity contribution in [2.45, 2.75) is 12.6 Å². The summed E-state index contributed by atoms with van der Waals surface area (Å²) in [6.45, 7) is 1.07. The van der Waals surface area contributed by atoms with Crippen molar-refractivity contribution in [3.63, 3.8) is 0 Å². The number of amides is 1. The third kappa shape index (κ3) is 3.21. The number of ether oxygens (including phenoxy) is 2. The van der Waals surface area contributed by atoms with E-state index in [4.69, 9.17) is 15.2 Å². The van der Waals surface area contributed by atoms with E-state index in [0.717, 1.165) is 0 Å². The maximum atomic E-state index is 13.3. The number of halogens is 1. The summed E-state index contributed by atoms with van der Waals surface area (Å²) < 4.78 is 23.7. The molecule has 5 nitrogen and oxygen atoms in total. The molecule has 6 heteroatoms. The molecule has 2 rings (SSSR count). The normalized spacial score (nSPS) is 19.6. The maximum absolute atomic E-state index is 13.3. The van der Waals surface area contributed by atoms with Gasteiger partial charge in [0.25, 0.3) is 0 Å². The molecule has 1 fully saturated rings. The van der Waals surface area contributed by atoms with E-state index in [2.05, 4.69) is 0 Å². The quantitative estimate of drug-likeness (QED) is 0.864. The fraction of sp³-hybridized carbons (Fsp3) is 0.462. The Bertz CT molecular complexity index is 467. The predicted molar refractivity (Wildman–Crippen MR) is 67.2 cm³/mol. The van der Waals surface area contributed by atoms with E-state index in [1.807, 2.05) is 0 Å². The van der Waals surface area contributed by atoms with Crippen molar-refractivity contribution in [3.8, 4) is 5.75 Å². The lowest BCUT2D eigenvalue weighted by molar-refractivity contribution is -0.149. The minimum absolute atomic E-state index is 0.0134. The minimum atomic E-state index is -0.355. The molecule has 1 unspecified atom stereocenters. The van der Waals surface area contributed by atoms with E-state index >= 15 is 0 Å². The van der Waals surface area contributed by atoms with E-state index in [0.29, 0.717) is 30.9 Å². The molecule has 1 aliphatic heterocycles. The highest BCUT2D eigenvalue weighted by molar-refractivity contribution is 5.78. The first-order chi connectivity index (χ1) is 9.13. The number of carbonyl (C=O) groups excluding carboxylic acids is 1. The van der Waals surface area contributed by atoms with Crippen LogP contribution in [0, 0.1) is 5.82 Å². The summed E-state index contributed by atoms with van der Waals surface area (Å²) in [5, 5.41) is 0. The molecular weight excluding hydrogens is 251 g/mol. The summed E-state index contributed by atoms with van der Waals surface area (Å²) in [5.74, 6) is 0.0767. The molecule has 1 aromatic carbocycles. The topological polar surface area (TPSA) is 64.8 Å². The molecule has 1 aromatic rings. The monoisotopic (exact) mass is 268 g/mol. The van der Waals surface area contributed by atoms with Crippen molar-refractivity contribution in [1.82, 2.24) is 4.90 Å². The van der Waals surface area contributed by atoms with Gasteiger partial charge in [-0.15, -0.1) is 0 Å². The highest BCUT2D eigenvalue weighted by Gasteiger charge is 2.26. The lowest BCUT2D eigenvalue weighted by Gasteiger charge is -2.32. The summed E-state index contributed by atoms with van der Waals surface area (Å²) >= 11 is 0. The number of rotatable bonds is 4. The molecule has 2 N–H and O–H groups in total. The maximum Gasteiger partial charge on any atom is 0.248 e. The zero-order valence-electron chi connectivity index (χ0n) is 10.8. The standard InChI is InChI=1S/C13H17FN2O3/c1-18-12-3-2-10(14)4-9(12)6-16-7-11(5-15)19-8-13(16)17/h2-4,11H,5-8,15H2,1H3. The van der Waals surface area contributed by atoms with Gasteiger partial charge in [-0.05, 0) is 18.2 Å². The Morgan fingerprint density at radius 3 is 3.05 bits per heavy atom. The van der Waals surface area contributed by atoms with Crippen molar-refractivity contribution in [3.05, 3.63) is 29.6 Å². The second kappa shape index (κ2) is 5.99. The number of hydrogen-bond acceptors (Lipinski definition) is 4. The van der Waals surface area contributed by atoms with E-state index in [9.17, 15) is 9.18 Å². The first kappa shape index (κ1) is 13.8. The fourth-order valence-electron chi connectivity index (χ4n) is 2.05. The SMILES string of the molecule is COc1ccc(F)cc1CN1CC(CN)OCC1=O. The average molecular weight is 268 g/mol. The fourth-order valence-corrected chi connectivity index (χ4v) is 2.05. The molecule has 1 amide bonds. The van der Waals surface area contributed by atoms with Crippen LogP contribution in [0.5, 0.6) is 5.75 Å². The third-order valence-corrected chi connectivity index (χ3v) is 3.09. The highest BCUT2D eigenvalue weighted by Crippen LogP contribution is 2.22. The Labute approximate surface area is 111 Å².